The predicted molar refractivity (Wildman–Crippen MR) is 428 cm³/mol. The van der Waals surface area contributed by atoms with Crippen LogP contribution in [0.1, 0.15) is 458 Å². The van der Waals surface area contributed by atoms with Gasteiger partial charge in [0.15, 0.2) is 12.2 Å². The fraction of sp³-hybridized carbons (Fsp3) is 0.953. The first kappa shape index (κ1) is 102. The van der Waals surface area contributed by atoms with Crippen LogP contribution in [-0.2, 0) is 65.4 Å². The number of esters is 4. The lowest BCUT2D eigenvalue weighted by Crippen LogP contribution is -2.30. The van der Waals surface area contributed by atoms with Crippen molar-refractivity contribution in [2.75, 3.05) is 39.6 Å². The molecule has 0 aliphatic rings. The molecule has 0 rings (SSSR count). The van der Waals surface area contributed by atoms with Gasteiger partial charge in [-0.3, -0.25) is 37.3 Å². The highest BCUT2D eigenvalue weighted by atomic mass is 31.2. The van der Waals surface area contributed by atoms with E-state index in [4.69, 9.17) is 37.0 Å². The lowest BCUT2D eigenvalue weighted by Gasteiger charge is -2.21. The first-order valence-electron chi connectivity index (χ1n) is 44.1. The number of phosphoric acid groups is 2. The number of rotatable bonds is 85. The monoisotopic (exact) mass is 1520 g/mol. The van der Waals surface area contributed by atoms with E-state index in [2.05, 4.69) is 34.6 Å². The van der Waals surface area contributed by atoms with Crippen LogP contribution in [0.15, 0.2) is 0 Å². The van der Waals surface area contributed by atoms with Gasteiger partial charge in [0.2, 0.25) is 0 Å². The normalized spacial score (nSPS) is 13.8. The van der Waals surface area contributed by atoms with Gasteiger partial charge in [-0.2, -0.15) is 0 Å². The standard InChI is InChI=1S/C85H166O17P2/c1-6-9-12-15-18-21-24-27-30-32-33-34-36-38-41-44-51-56-61-66-71-85(90)101-80(74-95-82(87)68-63-58-53-48-42-40-37-35-31-28-25-22-19-16-13-10-7-2)76-99-103(91,92)97-72-79(86)73-98-104(93,94)100-77-81(75-96-83(88)69-64-59-54-49-46-45-47-52-57-62-67-78(4)5)102-84(89)70-65-60-55-50-43-39-29-26-23-20-17-14-11-8-3/h78-81,86H,6-77H2,1-5H3,(H,91,92)(H,93,94)/t79-,80-,81-/m1/s1. The zero-order valence-electron chi connectivity index (χ0n) is 68.2. The Balaban J connectivity index is 5.25. The summed E-state index contributed by atoms with van der Waals surface area (Å²) in [5, 5.41) is 10.7. The Morgan fingerprint density at radius 2 is 0.442 bits per heavy atom. The molecule has 618 valence electrons. The number of aliphatic hydroxyl groups is 1. The van der Waals surface area contributed by atoms with E-state index in [0.29, 0.717) is 25.7 Å². The smallest absolute Gasteiger partial charge is 0.462 e. The summed E-state index contributed by atoms with van der Waals surface area (Å²) in [5.41, 5.74) is 0. The van der Waals surface area contributed by atoms with Crippen LogP contribution in [0.5, 0.6) is 0 Å². The number of carbonyl (C=O) groups is 4. The average molecular weight is 1520 g/mol. The number of hydrogen-bond acceptors (Lipinski definition) is 15. The molecule has 0 aromatic carbocycles. The average Bonchev–Trinajstić information content (AvgIpc) is 0.913. The molecule has 0 aliphatic heterocycles. The van der Waals surface area contributed by atoms with Crippen molar-refractivity contribution >= 4 is 39.5 Å². The fourth-order valence-corrected chi connectivity index (χ4v) is 14.9. The summed E-state index contributed by atoms with van der Waals surface area (Å²) in [7, 11) is -9.93. The van der Waals surface area contributed by atoms with Crippen LogP contribution in [0.3, 0.4) is 0 Å². The molecule has 19 heteroatoms. The number of unbranched alkanes of at least 4 members (excludes halogenated alkanes) is 57. The van der Waals surface area contributed by atoms with Crippen molar-refractivity contribution in [2.45, 2.75) is 477 Å². The molecule has 17 nitrogen and oxygen atoms in total. The molecule has 0 spiro atoms. The van der Waals surface area contributed by atoms with Crippen molar-refractivity contribution in [2.24, 2.45) is 5.92 Å². The number of phosphoric ester groups is 2. The Labute approximate surface area is 638 Å². The van der Waals surface area contributed by atoms with E-state index in [-0.39, 0.29) is 25.7 Å². The molecule has 0 aliphatic carbocycles. The third kappa shape index (κ3) is 78.2. The lowest BCUT2D eigenvalue weighted by molar-refractivity contribution is -0.161. The Bertz CT molecular complexity index is 1980. The Hall–Kier alpha value is -1.94. The third-order valence-electron chi connectivity index (χ3n) is 20.0. The molecule has 0 bridgehead atoms. The van der Waals surface area contributed by atoms with E-state index in [1.54, 1.807) is 0 Å². The molecular weight excluding hydrogens is 1350 g/mol. The highest BCUT2D eigenvalue weighted by Crippen LogP contribution is 2.45. The summed E-state index contributed by atoms with van der Waals surface area (Å²) in [5.74, 6) is -1.34. The number of carbonyl (C=O) groups excluding carboxylic acids is 4. The zero-order valence-corrected chi connectivity index (χ0v) is 70.0. The summed E-state index contributed by atoms with van der Waals surface area (Å²) in [6.45, 7) is 7.36. The largest absolute Gasteiger partial charge is 0.472 e. The van der Waals surface area contributed by atoms with Crippen LogP contribution in [0, 0.1) is 5.92 Å². The van der Waals surface area contributed by atoms with Crippen molar-refractivity contribution in [3.63, 3.8) is 0 Å². The van der Waals surface area contributed by atoms with Crippen LogP contribution in [-0.4, -0.2) is 96.7 Å². The second-order valence-corrected chi connectivity index (χ2v) is 34.0. The van der Waals surface area contributed by atoms with Gasteiger partial charge in [0.1, 0.15) is 19.3 Å². The Kier molecular flexibility index (Phi) is 76.3. The van der Waals surface area contributed by atoms with E-state index in [1.165, 1.54) is 283 Å². The molecule has 2 unspecified atom stereocenters. The van der Waals surface area contributed by atoms with E-state index in [0.717, 1.165) is 95.8 Å². The van der Waals surface area contributed by atoms with E-state index >= 15 is 0 Å². The van der Waals surface area contributed by atoms with Gasteiger partial charge >= 0.3 is 39.5 Å². The predicted octanol–water partition coefficient (Wildman–Crippen LogP) is 26.0. The van der Waals surface area contributed by atoms with Gasteiger partial charge in [-0.15, -0.1) is 0 Å². The minimum absolute atomic E-state index is 0.108. The first-order valence-corrected chi connectivity index (χ1v) is 47.1. The molecule has 0 heterocycles. The van der Waals surface area contributed by atoms with Crippen molar-refractivity contribution in [1.82, 2.24) is 0 Å². The third-order valence-corrected chi connectivity index (χ3v) is 21.9. The van der Waals surface area contributed by atoms with Crippen LogP contribution in [0.25, 0.3) is 0 Å². The van der Waals surface area contributed by atoms with Gasteiger partial charge in [-0.1, -0.05) is 407 Å². The van der Waals surface area contributed by atoms with Gasteiger partial charge in [-0.25, -0.2) is 9.13 Å². The minimum atomic E-state index is -4.96. The van der Waals surface area contributed by atoms with Crippen LogP contribution in [0.4, 0.5) is 0 Å². The molecule has 3 N–H and O–H groups in total. The Morgan fingerprint density at radius 1 is 0.260 bits per heavy atom. The first-order chi connectivity index (χ1) is 50.5. The maximum absolute atomic E-state index is 13.1. The topological polar surface area (TPSA) is 237 Å². The molecule has 0 radical (unpaired) electrons. The SMILES string of the molecule is CCCCCCCCCCCCCCCCCCCCCCC(=O)O[C@H](COC(=O)CCCCCCCCCCCCCCCCCCC)COP(=O)(O)OC[C@@H](O)COP(=O)(O)OC[C@@H](COC(=O)CCCCCCCCCCCCC(C)C)OC(=O)CCCCCCCCCCCCCCCC. The lowest BCUT2D eigenvalue weighted by atomic mass is 10.0. The second kappa shape index (κ2) is 77.8. The molecule has 104 heavy (non-hydrogen) atoms. The quantitative estimate of drug-likeness (QED) is 0.0222. The summed E-state index contributed by atoms with van der Waals surface area (Å²) < 4.78 is 68.9. The highest BCUT2D eigenvalue weighted by molar-refractivity contribution is 7.47. The summed E-state index contributed by atoms with van der Waals surface area (Å²) in [6, 6.07) is 0. The van der Waals surface area contributed by atoms with Crippen LogP contribution >= 0.6 is 15.6 Å². The molecule has 0 amide bonds. The molecule has 0 aromatic rings. The summed E-state index contributed by atoms with van der Waals surface area (Å²) >= 11 is 0. The highest BCUT2D eigenvalue weighted by Gasteiger charge is 2.30. The fourth-order valence-electron chi connectivity index (χ4n) is 13.3. The number of aliphatic hydroxyl groups excluding tert-OH is 1. The molecule has 0 aromatic heterocycles. The van der Waals surface area contributed by atoms with E-state index in [1.807, 2.05) is 0 Å². The van der Waals surface area contributed by atoms with E-state index in [9.17, 15) is 43.2 Å². The van der Waals surface area contributed by atoms with Crippen molar-refractivity contribution in [1.29, 1.82) is 0 Å². The number of ether oxygens (including phenoxy) is 4. The minimum Gasteiger partial charge on any atom is -0.462 e. The van der Waals surface area contributed by atoms with Gasteiger partial charge in [-0.05, 0) is 31.6 Å². The second-order valence-electron chi connectivity index (χ2n) is 31.1. The Morgan fingerprint density at radius 3 is 0.654 bits per heavy atom. The molecular formula is C85H166O17P2. The van der Waals surface area contributed by atoms with Crippen molar-refractivity contribution < 1.29 is 80.2 Å². The molecule has 0 saturated heterocycles. The van der Waals surface area contributed by atoms with E-state index < -0.39 is 97.5 Å². The zero-order chi connectivity index (χ0) is 76.2. The van der Waals surface area contributed by atoms with Crippen LogP contribution < -0.4 is 0 Å². The number of hydrogen-bond donors (Lipinski definition) is 3. The maximum atomic E-state index is 13.1. The summed E-state index contributed by atoms with van der Waals surface area (Å²) in [4.78, 5) is 73.2. The maximum Gasteiger partial charge on any atom is 0.472 e. The molecule has 5 atom stereocenters. The van der Waals surface area contributed by atoms with Gasteiger partial charge in [0.05, 0.1) is 26.4 Å². The van der Waals surface area contributed by atoms with Crippen LogP contribution in [0.2, 0.25) is 0 Å². The van der Waals surface area contributed by atoms with Gasteiger partial charge in [0, 0.05) is 25.7 Å². The molecule has 0 fully saturated rings. The van der Waals surface area contributed by atoms with Gasteiger partial charge < -0.3 is 33.8 Å². The van der Waals surface area contributed by atoms with Gasteiger partial charge in [0.25, 0.3) is 0 Å². The van der Waals surface area contributed by atoms with Crippen molar-refractivity contribution in [3.8, 4) is 0 Å². The molecule has 0 saturated carbocycles. The summed E-state index contributed by atoms with van der Waals surface area (Å²) in [6.07, 6.45) is 70.7. The van der Waals surface area contributed by atoms with Crippen molar-refractivity contribution in [3.05, 3.63) is 0 Å².